The molecule has 0 unspecified atom stereocenters. The van der Waals surface area contributed by atoms with Crippen LogP contribution in [0.1, 0.15) is 26.3 Å². The lowest BCUT2D eigenvalue weighted by atomic mass is 10.2. The van der Waals surface area contributed by atoms with E-state index in [1.54, 1.807) is 0 Å². The Morgan fingerprint density at radius 2 is 1.75 bits per heavy atom. The molecule has 0 aliphatic heterocycles. The van der Waals surface area contributed by atoms with Gasteiger partial charge in [-0.15, -0.1) is 12.6 Å². The van der Waals surface area contributed by atoms with Crippen molar-refractivity contribution in [2.45, 2.75) is 25.7 Å². The molecule has 1 aromatic carbocycles. The molecule has 0 aromatic heterocycles. The van der Waals surface area contributed by atoms with Gasteiger partial charge in [0, 0.05) is 4.90 Å². The summed E-state index contributed by atoms with van der Waals surface area (Å²) in [5.41, 5.74) is 1.17. The summed E-state index contributed by atoms with van der Waals surface area (Å²) in [4.78, 5) is 1.03. The summed E-state index contributed by atoms with van der Waals surface area (Å²) in [6.45, 7) is 6.00. The Balaban J connectivity index is 0.000000561. The molecule has 0 aliphatic carbocycles. The summed E-state index contributed by atoms with van der Waals surface area (Å²) in [5, 5.41) is 0. The molecule has 0 amide bonds. The van der Waals surface area contributed by atoms with Gasteiger partial charge >= 0.3 is 0 Å². The average Bonchev–Trinajstić information content (AvgIpc) is 2.13. The van der Waals surface area contributed by atoms with Crippen LogP contribution in [0.3, 0.4) is 0 Å². The Bertz CT molecular complexity index is 239. The summed E-state index contributed by atoms with van der Waals surface area (Å²) in [6, 6.07) is 8.02. The fourth-order valence-electron chi connectivity index (χ4n) is 0.808. The topological polar surface area (TPSA) is 0 Å². The molecule has 0 fully saturated rings. The third-order valence-corrected chi connectivity index (χ3v) is 1.69. The molecule has 1 heteroatoms. The molecule has 0 radical (unpaired) electrons. The summed E-state index contributed by atoms with van der Waals surface area (Å²) in [5.74, 6) is 0. The molecular weight excluding hydrogens is 164 g/mol. The number of hydrogen-bond donors (Lipinski definition) is 1. The van der Waals surface area contributed by atoms with Crippen LogP contribution in [0.25, 0.3) is 6.08 Å². The van der Waals surface area contributed by atoms with Crippen molar-refractivity contribution in [2.75, 3.05) is 0 Å². The highest BCUT2D eigenvalue weighted by atomic mass is 32.1. The summed E-state index contributed by atoms with van der Waals surface area (Å²) in [6.07, 6.45) is 4.05. The number of benzene rings is 1. The molecule has 0 aliphatic rings. The Hall–Kier alpha value is -0.690. The lowest BCUT2D eigenvalue weighted by molar-refractivity contribution is 1.43. The van der Waals surface area contributed by atoms with Crippen molar-refractivity contribution in [1.82, 2.24) is 0 Å². The third kappa shape index (κ3) is 3.63. The molecule has 0 atom stereocenters. The molecular formula is C11H16S. The molecule has 0 saturated carbocycles. The van der Waals surface area contributed by atoms with Gasteiger partial charge in [-0.2, -0.15) is 0 Å². The predicted octanol–water partition coefficient (Wildman–Crippen LogP) is 4.03. The molecule has 1 aromatic rings. The van der Waals surface area contributed by atoms with E-state index in [9.17, 15) is 0 Å². The Kier molecular flexibility index (Phi) is 6.58. The van der Waals surface area contributed by atoms with E-state index in [4.69, 9.17) is 0 Å². The van der Waals surface area contributed by atoms with E-state index >= 15 is 0 Å². The molecule has 12 heavy (non-hydrogen) atoms. The minimum absolute atomic E-state index is 1.03. The zero-order chi connectivity index (χ0) is 9.40. The van der Waals surface area contributed by atoms with Crippen molar-refractivity contribution >= 4 is 18.7 Å². The fraction of sp³-hybridized carbons (Fsp3) is 0.273. The van der Waals surface area contributed by atoms with E-state index in [-0.39, 0.29) is 0 Å². The van der Waals surface area contributed by atoms with E-state index in [2.05, 4.69) is 12.6 Å². The number of thiol groups is 1. The lowest BCUT2D eigenvalue weighted by Gasteiger charge is -1.95. The summed E-state index contributed by atoms with van der Waals surface area (Å²) < 4.78 is 0. The molecule has 0 heterocycles. The zero-order valence-corrected chi connectivity index (χ0v) is 8.81. The van der Waals surface area contributed by atoms with E-state index < -0.39 is 0 Å². The maximum absolute atomic E-state index is 4.28. The van der Waals surface area contributed by atoms with E-state index in [0.29, 0.717) is 0 Å². The first-order chi connectivity index (χ1) is 5.84. The Labute approximate surface area is 80.7 Å². The summed E-state index contributed by atoms with van der Waals surface area (Å²) >= 11 is 4.28. The number of hydrogen-bond acceptors (Lipinski definition) is 1. The highest BCUT2D eigenvalue weighted by molar-refractivity contribution is 7.80. The van der Waals surface area contributed by atoms with Gasteiger partial charge in [-0.3, -0.25) is 0 Å². The first-order valence-corrected chi connectivity index (χ1v) is 4.70. The van der Waals surface area contributed by atoms with Crippen molar-refractivity contribution < 1.29 is 0 Å². The number of rotatable bonds is 1. The SMILES string of the molecule is C/C=C/c1ccccc1S.CC. The van der Waals surface area contributed by atoms with Crippen molar-refractivity contribution in [1.29, 1.82) is 0 Å². The maximum Gasteiger partial charge on any atom is 0.0112 e. The largest absolute Gasteiger partial charge is 0.143 e. The van der Waals surface area contributed by atoms with Crippen LogP contribution < -0.4 is 0 Å². The van der Waals surface area contributed by atoms with Gasteiger partial charge in [0.05, 0.1) is 0 Å². The van der Waals surface area contributed by atoms with Crippen LogP contribution in [-0.4, -0.2) is 0 Å². The number of allylic oxidation sites excluding steroid dienone is 1. The minimum atomic E-state index is 1.03. The van der Waals surface area contributed by atoms with Crippen LogP contribution in [0.4, 0.5) is 0 Å². The summed E-state index contributed by atoms with van der Waals surface area (Å²) in [7, 11) is 0. The van der Waals surface area contributed by atoms with Crippen molar-refractivity contribution in [3.8, 4) is 0 Å². The standard InChI is InChI=1S/C9H10S.C2H6/c1-2-5-8-6-3-4-7-9(8)10;1-2/h2-7,10H,1H3;1-2H3/b5-2+;. The van der Waals surface area contributed by atoms with Gasteiger partial charge in [-0.1, -0.05) is 44.2 Å². The van der Waals surface area contributed by atoms with Crippen LogP contribution in [0.15, 0.2) is 35.2 Å². The third-order valence-electron chi connectivity index (χ3n) is 1.28. The quantitative estimate of drug-likeness (QED) is 0.620. The molecule has 0 saturated heterocycles. The van der Waals surface area contributed by atoms with Crippen LogP contribution in [0.5, 0.6) is 0 Å². The second-order valence-corrected chi connectivity index (χ2v) is 2.54. The molecule has 0 spiro atoms. The Morgan fingerprint density at radius 1 is 1.17 bits per heavy atom. The highest BCUT2D eigenvalue weighted by Crippen LogP contribution is 2.13. The second kappa shape index (κ2) is 6.99. The van der Waals surface area contributed by atoms with Gasteiger partial charge in [0.25, 0.3) is 0 Å². The molecule has 0 bridgehead atoms. The maximum atomic E-state index is 4.28. The van der Waals surface area contributed by atoms with Crippen molar-refractivity contribution in [3.05, 3.63) is 35.9 Å². The molecule has 1 rings (SSSR count). The van der Waals surface area contributed by atoms with Crippen LogP contribution in [0, 0.1) is 0 Å². The van der Waals surface area contributed by atoms with E-state index in [0.717, 1.165) is 4.90 Å². The fourth-order valence-corrected chi connectivity index (χ4v) is 1.04. The van der Waals surface area contributed by atoms with Gasteiger partial charge in [-0.05, 0) is 18.6 Å². The average molecular weight is 180 g/mol. The van der Waals surface area contributed by atoms with E-state index in [1.165, 1.54) is 5.56 Å². The lowest BCUT2D eigenvalue weighted by Crippen LogP contribution is -1.72. The van der Waals surface area contributed by atoms with Gasteiger partial charge in [0.15, 0.2) is 0 Å². The monoisotopic (exact) mass is 180 g/mol. The van der Waals surface area contributed by atoms with Gasteiger partial charge in [-0.25, -0.2) is 0 Å². The van der Waals surface area contributed by atoms with Crippen LogP contribution in [0.2, 0.25) is 0 Å². The van der Waals surface area contributed by atoms with Crippen LogP contribution >= 0.6 is 12.6 Å². The molecule has 66 valence electrons. The smallest absolute Gasteiger partial charge is 0.0112 e. The second-order valence-electron chi connectivity index (χ2n) is 2.06. The highest BCUT2D eigenvalue weighted by Gasteiger charge is 1.88. The normalized spacial score (nSPS) is 9.33. The predicted molar refractivity (Wildman–Crippen MR) is 59.8 cm³/mol. The van der Waals surface area contributed by atoms with Gasteiger partial charge in [0.1, 0.15) is 0 Å². The Morgan fingerprint density at radius 3 is 2.25 bits per heavy atom. The van der Waals surface area contributed by atoms with Crippen molar-refractivity contribution in [2.24, 2.45) is 0 Å². The first kappa shape index (κ1) is 11.3. The van der Waals surface area contributed by atoms with Gasteiger partial charge < -0.3 is 0 Å². The zero-order valence-electron chi connectivity index (χ0n) is 7.91. The molecule has 0 N–H and O–H groups in total. The first-order valence-electron chi connectivity index (χ1n) is 4.25. The minimum Gasteiger partial charge on any atom is -0.143 e. The van der Waals surface area contributed by atoms with Gasteiger partial charge in [0.2, 0.25) is 0 Å². The van der Waals surface area contributed by atoms with Crippen LogP contribution in [-0.2, 0) is 0 Å². The van der Waals surface area contributed by atoms with E-state index in [1.807, 2.05) is 57.2 Å². The van der Waals surface area contributed by atoms with Crippen molar-refractivity contribution in [3.63, 3.8) is 0 Å². The molecule has 0 nitrogen and oxygen atoms in total.